The van der Waals surface area contributed by atoms with Crippen LogP contribution in [-0.2, 0) is 9.53 Å². The Morgan fingerprint density at radius 2 is 2.06 bits per heavy atom. The predicted octanol–water partition coefficient (Wildman–Crippen LogP) is 0.718. The van der Waals surface area contributed by atoms with Gasteiger partial charge in [-0.2, -0.15) is 0 Å². The highest BCUT2D eigenvalue weighted by atomic mass is 16.5. The van der Waals surface area contributed by atoms with E-state index in [-0.39, 0.29) is 12.1 Å². The van der Waals surface area contributed by atoms with Gasteiger partial charge >= 0.3 is 5.97 Å². The maximum absolute atomic E-state index is 11.6. The smallest absolute Gasteiger partial charge is 0.362 e. The summed E-state index contributed by atoms with van der Waals surface area (Å²) in [7, 11) is 5.99. The number of carbonyl (C=O) groups excluding carboxylic acids is 1. The van der Waals surface area contributed by atoms with Crippen LogP contribution in [0.25, 0.3) is 0 Å². The minimum atomic E-state index is -0.0805. The Morgan fingerprint density at radius 3 is 2.50 bits per heavy atom. The highest BCUT2D eigenvalue weighted by Gasteiger charge is 2.28. The molecular formula is C12H25N2O2+. The van der Waals surface area contributed by atoms with Crippen LogP contribution in [0, 0.1) is 0 Å². The van der Waals surface area contributed by atoms with Crippen molar-refractivity contribution in [3.8, 4) is 0 Å². The predicted molar refractivity (Wildman–Crippen MR) is 64.1 cm³/mol. The standard InChI is InChI=1S/C12H25N2O2/c1-10(2)13-7-6-11(8-13)16-12(15)9-14(3,4)5/h10-11H,6-9H2,1-5H3/q+1. The summed E-state index contributed by atoms with van der Waals surface area (Å²) in [6.07, 6.45) is 1.07. The van der Waals surface area contributed by atoms with E-state index in [1.165, 1.54) is 0 Å². The molecule has 0 bridgehead atoms. The summed E-state index contributed by atoms with van der Waals surface area (Å²) in [5, 5.41) is 0. The average Bonchev–Trinajstić information content (AvgIpc) is 2.48. The molecule has 1 atom stereocenters. The van der Waals surface area contributed by atoms with Gasteiger partial charge in [0, 0.05) is 19.1 Å². The van der Waals surface area contributed by atoms with Crippen molar-refractivity contribution < 1.29 is 14.0 Å². The summed E-state index contributed by atoms with van der Waals surface area (Å²) < 4.78 is 6.10. The van der Waals surface area contributed by atoms with Crippen molar-refractivity contribution in [1.82, 2.24) is 4.90 Å². The van der Waals surface area contributed by atoms with Crippen LogP contribution in [0.3, 0.4) is 0 Å². The normalized spacial score (nSPS) is 22.8. The van der Waals surface area contributed by atoms with Crippen molar-refractivity contribution in [2.24, 2.45) is 0 Å². The molecule has 0 aromatic rings. The highest BCUT2D eigenvalue weighted by Crippen LogP contribution is 2.15. The Kier molecular flexibility index (Phi) is 4.33. The number of quaternary nitrogens is 1. The fraction of sp³-hybridized carbons (Fsp3) is 0.917. The van der Waals surface area contributed by atoms with Crippen LogP contribution in [0.1, 0.15) is 20.3 Å². The molecule has 0 N–H and O–H groups in total. The molecule has 0 aromatic carbocycles. The van der Waals surface area contributed by atoms with Gasteiger partial charge in [0.15, 0.2) is 6.54 Å². The first-order chi connectivity index (χ1) is 7.28. The lowest BCUT2D eigenvalue weighted by Gasteiger charge is -2.24. The summed E-state index contributed by atoms with van der Waals surface area (Å²) in [4.78, 5) is 14.0. The highest BCUT2D eigenvalue weighted by molar-refractivity contribution is 5.70. The second-order valence-corrected chi connectivity index (χ2v) is 5.94. The lowest BCUT2D eigenvalue weighted by atomic mass is 10.3. The first-order valence-electron chi connectivity index (χ1n) is 6.02. The second kappa shape index (κ2) is 5.15. The van der Waals surface area contributed by atoms with Crippen LogP contribution in [0.4, 0.5) is 0 Å². The summed E-state index contributed by atoms with van der Waals surface area (Å²) >= 11 is 0. The Hall–Kier alpha value is -0.610. The number of likely N-dealkylation sites (N-methyl/N-ethyl adjacent to an activating group) is 1. The fourth-order valence-electron chi connectivity index (χ4n) is 1.93. The minimum absolute atomic E-state index is 0.0805. The number of carbonyl (C=O) groups is 1. The molecular weight excluding hydrogens is 204 g/mol. The molecule has 0 amide bonds. The molecule has 1 unspecified atom stereocenters. The molecule has 0 spiro atoms. The topological polar surface area (TPSA) is 29.5 Å². The van der Waals surface area contributed by atoms with E-state index in [1.807, 2.05) is 21.1 Å². The van der Waals surface area contributed by atoms with Crippen molar-refractivity contribution in [3.05, 3.63) is 0 Å². The van der Waals surface area contributed by atoms with Crippen LogP contribution < -0.4 is 0 Å². The van der Waals surface area contributed by atoms with Gasteiger partial charge in [0.05, 0.1) is 21.1 Å². The van der Waals surface area contributed by atoms with Gasteiger partial charge in [-0.3, -0.25) is 4.90 Å². The Morgan fingerprint density at radius 1 is 1.44 bits per heavy atom. The third-order valence-electron chi connectivity index (χ3n) is 2.81. The first-order valence-corrected chi connectivity index (χ1v) is 6.02. The zero-order valence-electron chi connectivity index (χ0n) is 11.2. The van der Waals surface area contributed by atoms with Crippen molar-refractivity contribution in [3.63, 3.8) is 0 Å². The molecule has 0 aliphatic carbocycles. The monoisotopic (exact) mass is 229 g/mol. The Balaban J connectivity index is 2.32. The van der Waals surface area contributed by atoms with Gasteiger partial charge in [0.25, 0.3) is 0 Å². The van der Waals surface area contributed by atoms with Crippen molar-refractivity contribution in [1.29, 1.82) is 0 Å². The molecule has 4 heteroatoms. The van der Waals surface area contributed by atoms with Crippen molar-refractivity contribution in [2.45, 2.75) is 32.4 Å². The fourth-order valence-corrected chi connectivity index (χ4v) is 1.93. The van der Waals surface area contributed by atoms with E-state index in [1.54, 1.807) is 0 Å². The quantitative estimate of drug-likeness (QED) is 0.525. The maximum atomic E-state index is 11.6. The number of nitrogens with zero attached hydrogens (tertiary/aromatic N) is 2. The molecule has 1 rings (SSSR count). The first kappa shape index (κ1) is 13.5. The van der Waals surface area contributed by atoms with Crippen LogP contribution in [-0.4, -0.2) is 68.3 Å². The number of likely N-dealkylation sites (tertiary alicyclic amines) is 1. The molecule has 1 aliphatic heterocycles. The Bertz CT molecular complexity index is 246. The van der Waals surface area contributed by atoms with Crippen LogP contribution in [0.15, 0.2) is 0 Å². The van der Waals surface area contributed by atoms with E-state index in [2.05, 4.69) is 18.7 Å². The van der Waals surface area contributed by atoms with Crippen LogP contribution >= 0.6 is 0 Å². The third kappa shape index (κ3) is 4.49. The van der Waals surface area contributed by atoms with E-state index in [0.717, 1.165) is 19.5 Å². The largest absolute Gasteiger partial charge is 0.457 e. The molecule has 0 aromatic heterocycles. The van der Waals surface area contributed by atoms with Gasteiger partial charge in [0.2, 0.25) is 0 Å². The van der Waals surface area contributed by atoms with Crippen molar-refractivity contribution >= 4 is 5.97 Å². The van der Waals surface area contributed by atoms with Gasteiger partial charge < -0.3 is 9.22 Å². The molecule has 16 heavy (non-hydrogen) atoms. The number of ether oxygens (including phenoxy) is 1. The summed E-state index contributed by atoms with van der Waals surface area (Å²) in [5.41, 5.74) is 0. The lowest BCUT2D eigenvalue weighted by Crippen LogP contribution is -2.41. The van der Waals surface area contributed by atoms with Crippen LogP contribution in [0.2, 0.25) is 0 Å². The molecule has 4 nitrogen and oxygen atoms in total. The molecule has 1 saturated heterocycles. The van der Waals surface area contributed by atoms with Gasteiger partial charge in [-0.1, -0.05) is 0 Å². The maximum Gasteiger partial charge on any atom is 0.362 e. The number of hydrogen-bond donors (Lipinski definition) is 0. The molecule has 1 heterocycles. The number of rotatable bonds is 4. The number of esters is 1. The SMILES string of the molecule is CC(C)N1CCC(OC(=O)C[N+](C)(C)C)C1. The van der Waals surface area contributed by atoms with Crippen molar-refractivity contribution in [2.75, 3.05) is 40.8 Å². The average molecular weight is 229 g/mol. The van der Waals surface area contributed by atoms with E-state index >= 15 is 0 Å². The van der Waals surface area contributed by atoms with E-state index in [0.29, 0.717) is 17.1 Å². The van der Waals surface area contributed by atoms with E-state index in [9.17, 15) is 4.79 Å². The molecule has 94 valence electrons. The van der Waals surface area contributed by atoms with Gasteiger partial charge in [-0.05, 0) is 20.3 Å². The lowest BCUT2D eigenvalue weighted by molar-refractivity contribution is -0.862. The second-order valence-electron chi connectivity index (χ2n) is 5.94. The summed E-state index contributed by atoms with van der Waals surface area (Å²) in [6.45, 7) is 6.73. The summed E-state index contributed by atoms with van der Waals surface area (Å²) in [5.74, 6) is -0.0805. The Labute approximate surface area is 98.8 Å². The van der Waals surface area contributed by atoms with Crippen LogP contribution in [0.5, 0.6) is 0 Å². The molecule has 0 saturated carbocycles. The van der Waals surface area contributed by atoms with E-state index < -0.39 is 0 Å². The van der Waals surface area contributed by atoms with E-state index in [4.69, 9.17) is 4.74 Å². The van der Waals surface area contributed by atoms with Gasteiger partial charge in [0.1, 0.15) is 6.10 Å². The van der Waals surface area contributed by atoms with Gasteiger partial charge in [-0.25, -0.2) is 4.79 Å². The molecule has 0 radical (unpaired) electrons. The minimum Gasteiger partial charge on any atom is -0.457 e. The van der Waals surface area contributed by atoms with Gasteiger partial charge in [-0.15, -0.1) is 0 Å². The molecule has 1 aliphatic rings. The molecule has 1 fully saturated rings. The number of hydrogen-bond acceptors (Lipinski definition) is 3. The zero-order chi connectivity index (χ0) is 12.3. The zero-order valence-corrected chi connectivity index (χ0v) is 11.2. The summed E-state index contributed by atoms with van der Waals surface area (Å²) in [6, 6.07) is 0.544. The third-order valence-corrected chi connectivity index (χ3v) is 2.81.